The summed E-state index contributed by atoms with van der Waals surface area (Å²) < 4.78 is 10.2. The fourth-order valence-corrected chi connectivity index (χ4v) is 1.27. The summed E-state index contributed by atoms with van der Waals surface area (Å²) in [5, 5.41) is 2.58. The van der Waals surface area contributed by atoms with E-state index in [1.807, 2.05) is 0 Å². The van der Waals surface area contributed by atoms with Gasteiger partial charge in [0.05, 0.1) is 19.4 Å². The molecular weight excluding hydrogens is 232 g/mol. The predicted molar refractivity (Wildman–Crippen MR) is 69.1 cm³/mol. The van der Waals surface area contributed by atoms with Crippen LogP contribution in [0.1, 0.15) is 20.8 Å². The lowest BCUT2D eigenvalue weighted by Gasteiger charge is -2.20. The third kappa shape index (κ3) is 3.98. The van der Waals surface area contributed by atoms with Gasteiger partial charge in [0.1, 0.15) is 11.4 Å². The second-order valence-corrected chi connectivity index (χ2v) is 4.62. The highest BCUT2D eigenvalue weighted by Crippen LogP contribution is 2.29. The fraction of sp³-hybridized carbons (Fsp3) is 0.385. The minimum atomic E-state index is -0.562. The quantitative estimate of drug-likeness (QED) is 0.814. The van der Waals surface area contributed by atoms with Crippen LogP contribution in [0, 0.1) is 6.57 Å². The van der Waals surface area contributed by atoms with E-state index >= 15 is 0 Å². The van der Waals surface area contributed by atoms with Crippen molar-refractivity contribution in [1.29, 1.82) is 0 Å². The highest BCUT2D eigenvalue weighted by Gasteiger charge is 2.17. The number of ether oxygens (including phenoxy) is 2. The van der Waals surface area contributed by atoms with Crippen molar-refractivity contribution in [3.05, 3.63) is 29.6 Å². The van der Waals surface area contributed by atoms with Crippen molar-refractivity contribution in [2.75, 3.05) is 12.4 Å². The molecule has 0 atom stereocenters. The van der Waals surface area contributed by atoms with Crippen LogP contribution in [0.3, 0.4) is 0 Å². The molecule has 0 saturated carbocycles. The third-order valence-corrected chi connectivity index (χ3v) is 1.95. The number of hydrogen-bond donors (Lipinski definition) is 1. The first-order valence-electron chi connectivity index (χ1n) is 5.41. The number of nitrogens with zero attached hydrogens (tertiary/aromatic N) is 1. The van der Waals surface area contributed by atoms with E-state index in [-0.39, 0.29) is 0 Å². The zero-order valence-electron chi connectivity index (χ0n) is 10.9. The first kappa shape index (κ1) is 13.8. The Balaban J connectivity index is 2.85. The molecule has 1 N–H and O–H groups in total. The van der Waals surface area contributed by atoms with E-state index in [1.54, 1.807) is 39.0 Å². The van der Waals surface area contributed by atoms with Crippen LogP contribution in [0.25, 0.3) is 4.85 Å². The number of methoxy groups -OCH3 is 1. The summed E-state index contributed by atoms with van der Waals surface area (Å²) in [7, 11) is 1.48. The molecule has 0 unspecified atom stereocenters. The average molecular weight is 248 g/mol. The molecule has 0 saturated heterocycles. The van der Waals surface area contributed by atoms with Crippen molar-refractivity contribution in [3.63, 3.8) is 0 Å². The van der Waals surface area contributed by atoms with E-state index in [2.05, 4.69) is 10.2 Å². The van der Waals surface area contributed by atoms with Gasteiger partial charge in [-0.15, -0.1) is 0 Å². The Morgan fingerprint density at radius 2 is 2.06 bits per heavy atom. The maximum absolute atomic E-state index is 11.6. The van der Waals surface area contributed by atoms with Gasteiger partial charge in [-0.3, -0.25) is 5.32 Å². The molecule has 0 heterocycles. The summed E-state index contributed by atoms with van der Waals surface area (Å²) in [5.74, 6) is 0.425. The molecule has 0 aliphatic carbocycles. The molecule has 0 fully saturated rings. The average Bonchev–Trinajstić information content (AvgIpc) is 2.27. The summed E-state index contributed by atoms with van der Waals surface area (Å²) in [6, 6.07) is 4.76. The van der Waals surface area contributed by atoms with E-state index in [0.717, 1.165) is 0 Å². The number of anilines is 1. The fourth-order valence-electron chi connectivity index (χ4n) is 1.27. The van der Waals surface area contributed by atoms with Crippen LogP contribution in [-0.4, -0.2) is 18.8 Å². The predicted octanol–water partition coefficient (Wildman–Crippen LogP) is 3.59. The standard InChI is InChI=1S/C13H16N2O3/c1-13(2,3)18-12(16)15-10-7-6-9(14-4)8-11(10)17-5/h6-8H,1-3,5H3,(H,15,16). The third-order valence-electron chi connectivity index (χ3n) is 1.95. The largest absolute Gasteiger partial charge is 0.496 e. The Bertz CT molecular complexity index is 484. The van der Waals surface area contributed by atoms with Gasteiger partial charge in [0.25, 0.3) is 0 Å². The van der Waals surface area contributed by atoms with Gasteiger partial charge in [-0.05, 0) is 32.9 Å². The molecular formula is C13H16N2O3. The molecule has 0 aromatic heterocycles. The molecule has 0 bridgehead atoms. The molecule has 1 amide bonds. The highest BCUT2D eigenvalue weighted by molar-refractivity contribution is 5.87. The summed E-state index contributed by atoms with van der Waals surface area (Å²) >= 11 is 0. The van der Waals surface area contributed by atoms with Gasteiger partial charge in [0.2, 0.25) is 0 Å². The Morgan fingerprint density at radius 3 is 2.56 bits per heavy atom. The Hall–Kier alpha value is -2.22. The number of carbonyl (C=O) groups excluding carboxylic acids is 1. The number of hydrogen-bond acceptors (Lipinski definition) is 3. The molecule has 0 aliphatic rings. The van der Waals surface area contributed by atoms with Crippen LogP contribution < -0.4 is 10.1 Å². The minimum absolute atomic E-state index is 0.425. The van der Waals surface area contributed by atoms with E-state index in [4.69, 9.17) is 16.0 Å². The topological polar surface area (TPSA) is 51.9 Å². The van der Waals surface area contributed by atoms with E-state index in [0.29, 0.717) is 17.1 Å². The lowest BCUT2D eigenvalue weighted by atomic mass is 10.2. The molecule has 5 nitrogen and oxygen atoms in total. The van der Waals surface area contributed by atoms with E-state index in [1.165, 1.54) is 7.11 Å². The van der Waals surface area contributed by atoms with Crippen molar-refractivity contribution in [1.82, 2.24) is 0 Å². The van der Waals surface area contributed by atoms with Gasteiger partial charge in [0, 0.05) is 0 Å². The first-order chi connectivity index (χ1) is 8.35. The van der Waals surface area contributed by atoms with Gasteiger partial charge in [-0.1, -0.05) is 6.07 Å². The SMILES string of the molecule is [C-]#[N+]c1ccc(NC(=O)OC(C)(C)C)c(OC)c1. The molecule has 0 aliphatic heterocycles. The smallest absolute Gasteiger partial charge is 0.412 e. The Kier molecular flexibility index (Phi) is 4.16. The van der Waals surface area contributed by atoms with Crippen LogP contribution in [0.15, 0.2) is 18.2 Å². The van der Waals surface area contributed by atoms with Gasteiger partial charge in [0.15, 0.2) is 5.69 Å². The number of carbonyl (C=O) groups is 1. The van der Waals surface area contributed by atoms with Crippen molar-refractivity contribution in [2.45, 2.75) is 26.4 Å². The summed E-state index contributed by atoms with van der Waals surface area (Å²) in [6.07, 6.45) is -0.559. The van der Waals surface area contributed by atoms with Crippen LogP contribution in [0.2, 0.25) is 0 Å². The first-order valence-corrected chi connectivity index (χ1v) is 5.41. The second kappa shape index (κ2) is 5.41. The minimum Gasteiger partial charge on any atom is -0.496 e. The number of nitrogens with one attached hydrogen (secondary N) is 1. The van der Waals surface area contributed by atoms with Gasteiger partial charge < -0.3 is 9.47 Å². The zero-order valence-corrected chi connectivity index (χ0v) is 10.9. The van der Waals surface area contributed by atoms with Crippen LogP contribution in [0.5, 0.6) is 5.75 Å². The van der Waals surface area contributed by atoms with E-state index in [9.17, 15) is 4.79 Å². The van der Waals surface area contributed by atoms with Gasteiger partial charge in [-0.2, -0.15) is 0 Å². The summed E-state index contributed by atoms with van der Waals surface area (Å²) in [6.45, 7) is 12.3. The van der Waals surface area contributed by atoms with Gasteiger partial charge >= 0.3 is 6.09 Å². The molecule has 5 heteroatoms. The van der Waals surface area contributed by atoms with Crippen molar-refractivity contribution in [2.24, 2.45) is 0 Å². The molecule has 1 aromatic carbocycles. The van der Waals surface area contributed by atoms with Crippen LogP contribution >= 0.6 is 0 Å². The lowest BCUT2D eigenvalue weighted by Crippen LogP contribution is -2.27. The normalized spacial score (nSPS) is 10.4. The van der Waals surface area contributed by atoms with Crippen molar-refractivity contribution in [3.8, 4) is 5.75 Å². The summed E-state index contributed by atoms with van der Waals surface area (Å²) in [4.78, 5) is 14.9. The van der Waals surface area contributed by atoms with Crippen LogP contribution in [-0.2, 0) is 4.74 Å². The van der Waals surface area contributed by atoms with Crippen molar-refractivity contribution < 1.29 is 14.3 Å². The molecule has 96 valence electrons. The lowest BCUT2D eigenvalue weighted by molar-refractivity contribution is 0.0635. The van der Waals surface area contributed by atoms with Crippen molar-refractivity contribution >= 4 is 17.5 Å². The highest BCUT2D eigenvalue weighted by atomic mass is 16.6. The molecule has 1 aromatic rings. The number of benzene rings is 1. The monoisotopic (exact) mass is 248 g/mol. The maximum atomic E-state index is 11.6. The van der Waals surface area contributed by atoms with E-state index < -0.39 is 11.7 Å². The number of amides is 1. The maximum Gasteiger partial charge on any atom is 0.412 e. The second-order valence-electron chi connectivity index (χ2n) is 4.62. The Labute approximate surface area is 107 Å². The molecule has 0 radical (unpaired) electrons. The molecule has 18 heavy (non-hydrogen) atoms. The van der Waals surface area contributed by atoms with Crippen LogP contribution in [0.4, 0.5) is 16.2 Å². The number of rotatable bonds is 2. The molecule has 0 spiro atoms. The zero-order chi connectivity index (χ0) is 13.8. The summed E-state index contributed by atoms with van der Waals surface area (Å²) in [5.41, 5.74) is 0.356. The van der Waals surface area contributed by atoms with Gasteiger partial charge in [-0.25, -0.2) is 9.64 Å². The Morgan fingerprint density at radius 1 is 1.39 bits per heavy atom. The molecule has 1 rings (SSSR count).